The zero-order chi connectivity index (χ0) is 20.9. The summed E-state index contributed by atoms with van der Waals surface area (Å²) in [6, 6.07) is 7.87. The number of anilines is 1. The second kappa shape index (κ2) is 9.50. The zero-order valence-corrected chi connectivity index (χ0v) is 18.4. The molecule has 0 aliphatic heterocycles. The van der Waals surface area contributed by atoms with Crippen molar-refractivity contribution >= 4 is 28.2 Å². The van der Waals surface area contributed by atoms with Crippen LogP contribution in [-0.2, 0) is 0 Å². The van der Waals surface area contributed by atoms with Gasteiger partial charge in [-0.05, 0) is 48.9 Å². The molecule has 30 heavy (non-hydrogen) atoms. The van der Waals surface area contributed by atoms with Gasteiger partial charge in [0.1, 0.15) is 0 Å². The maximum absolute atomic E-state index is 6.08. The van der Waals surface area contributed by atoms with Gasteiger partial charge in [-0.2, -0.15) is 0 Å². The fraction of sp³-hybridized carbons (Fsp3) is 0.320. The second-order valence-electron chi connectivity index (χ2n) is 8.03. The van der Waals surface area contributed by atoms with E-state index in [4.69, 9.17) is 11.6 Å². The molecule has 1 heterocycles. The third kappa shape index (κ3) is 4.61. The molecule has 0 saturated heterocycles. The average molecular weight is 421 g/mol. The highest BCUT2D eigenvalue weighted by Gasteiger charge is 2.26. The van der Waals surface area contributed by atoms with Crippen LogP contribution in [0.1, 0.15) is 6.42 Å². The molecule has 156 valence electrons. The van der Waals surface area contributed by atoms with Crippen LogP contribution in [0.4, 0.5) is 5.69 Å². The van der Waals surface area contributed by atoms with Gasteiger partial charge in [0, 0.05) is 67.0 Å². The first-order valence-corrected chi connectivity index (χ1v) is 10.9. The topological polar surface area (TPSA) is 40.2 Å². The van der Waals surface area contributed by atoms with Gasteiger partial charge in [0.15, 0.2) is 0 Å². The largest absolute Gasteiger partial charge is 0.384 e. The monoisotopic (exact) mass is 420 g/mol. The van der Waals surface area contributed by atoms with E-state index >= 15 is 0 Å². The van der Waals surface area contributed by atoms with E-state index in [0.29, 0.717) is 16.9 Å². The van der Waals surface area contributed by atoms with E-state index in [0.717, 1.165) is 42.6 Å². The third-order valence-corrected chi connectivity index (χ3v) is 5.97. The average Bonchev–Trinajstić information content (AvgIpc) is 2.75. The molecule has 2 aliphatic rings. The lowest BCUT2D eigenvalue weighted by molar-refractivity contribution is 0.448. The van der Waals surface area contributed by atoms with Gasteiger partial charge >= 0.3 is 0 Å². The van der Waals surface area contributed by atoms with Crippen molar-refractivity contribution < 1.29 is 0 Å². The molecule has 1 aromatic heterocycles. The van der Waals surface area contributed by atoms with Gasteiger partial charge in [0.05, 0.1) is 5.52 Å². The van der Waals surface area contributed by atoms with Gasteiger partial charge in [-0.15, -0.1) is 0 Å². The van der Waals surface area contributed by atoms with Gasteiger partial charge in [-0.25, -0.2) is 0 Å². The number of likely N-dealkylation sites (N-methyl/N-ethyl adjacent to an activating group) is 1. The van der Waals surface area contributed by atoms with Gasteiger partial charge in [0.2, 0.25) is 0 Å². The van der Waals surface area contributed by atoms with Crippen molar-refractivity contribution in [2.45, 2.75) is 6.42 Å². The fourth-order valence-electron chi connectivity index (χ4n) is 4.20. The molecule has 0 spiro atoms. The summed E-state index contributed by atoms with van der Waals surface area (Å²) in [5, 5.41) is 9.01. The number of aromatic nitrogens is 1. The number of pyridine rings is 1. The van der Waals surface area contributed by atoms with Crippen LogP contribution in [0.3, 0.4) is 0 Å². The number of halogens is 1. The van der Waals surface area contributed by atoms with E-state index in [1.165, 1.54) is 11.3 Å². The smallest absolute Gasteiger partial charge is 0.0737 e. The van der Waals surface area contributed by atoms with Crippen molar-refractivity contribution in [3.8, 4) is 0 Å². The Morgan fingerprint density at radius 1 is 1.07 bits per heavy atom. The molecule has 0 radical (unpaired) electrons. The Morgan fingerprint density at radius 2 is 1.97 bits per heavy atom. The van der Waals surface area contributed by atoms with Crippen molar-refractivity contribution in [2.75, 3.05) is 39.0 Å². The Hall–Kier alpha value is -2.56. The number of rotatable bonds is 8. The molecule has 2 unspecified atom stereocenters. The maximum Gasteiger partial charge on any atom is 0.0737 e. The highest BCUT2D eigenvalue weighted by Crippen LogP contribution is 2.34. The number of nitrogens with one attached hydrogen (secondary N) is 2. The van der Waals surface area contributed by atoms with Crippen LogP contribution in [0.25, 0.3) is 10.9 Å². The lowest BCUT2D eigenvalue weighted by atomic mass is 9.78. The molecule has 2 atom stereocenters. The SMILES string of the molecule is CN(C)C1=C2C=CC=CC2C(CNCCCNc2ccnc3cc(Cl)ccc23)C=C1. The van der Waals surface area contributed by atoms with Crippen LogP contribution in [0, 0.1) is 11.8 Å². The fourth-order valence-corrected chi connectivity index (χ4v) is 4.37. The minimum atomic E-state index is 0.457. The Bertz CT molecular complexity index is 1020. The van der Waals surface area contributed by atoms with Crippen LogP contribution in [-0.4, -0.2) is 43.6 Å². The van der Waals surface area contributed by atoms with E-state index < -0.39 is 0 Å². The standard InChI is InChI=1S/C25H29ClN4/c1-30(2)25-11-8-18(20-6-3-4-7-21(20)25)17-27-13-5-14-28-23-12-15-29-24-16-19(26)9-10-22(23)24/h3-4,6-12,15-16,18,20,27H,5,13-14,17H2,1-2H3,(H,28,29). The van der Waals surface area contributed by atoms with Crippen molar-refractivity contribution in [3.05, 3.63) is 83.2 Å². The lowest BCUT2D eigenvalue weighted by Gasteiger charge is -2.32. The summed E-state index contributed by atoms with van der Waals surface area (Å²) in [6.07, 6.45) is 16.4. The molecule has 4 rings (SSSR count). The summed E-state index contributed by atoms with van der Waals surface area (Å²) >= 11 is 6.08. The van der Waals surface area contributed by atoms with Gasteiger partial charge in [-0.1, -0.05) is 42.0 Å². The van der Waals surface area contributed by atoms with Crippen LogP contribution in [0.5, 0.6) is 0 Å². The van der Waals surface area contributed by atoms with E-state index in [1.807, 2.05) is 30.5 Å². The van der Waals surface area contributed by atoms with Crippen LogP contribution in [0.15, 0.2) is 78.2 Å². The molecule has 0 amide bonds. The molecule has 2 aromatic rings. The Labute approximate surface area is 184 Å². The minimum Gasteiger partial charge on any atom is -0.384 e. The van der Waals surface area contributed by atoms with Crippen molar-refractivity contribution in [3.63, 3.8) is 0 Å². The number of benzene rings is 1. The quantitative estimate of drug-likeness (QED) is 0.588. The minimum absolute atomic E-state index is 0.457. The molecule has 1 aromatic carbocycles. The molecule has 2 aliphatic carbocycles. The molecule has 0 fully saturated rings. The predicted octanol–water partition coefficient (Wildman–Crippen LogP) is 5.02. The van der Waals surface area contributed by atoms with E-state index in [2.05, 4.69) is 71.1 Å². The summed E-state index contributed by atoms with van der Waals surface area (Å²) in [5.74, 6) is 0.949. The van der Waals surface area contributed by atoms with E-state index in [9.17, 15) is 0 Å². The predicted molar refractivity (Wildman–Crippen MR) is 128 cm³/mol. The third-order valence-electron chi connectivity index (χ3n) is 5.74. The summed E-state index contributed by atoms with van der Waals surface area (Å²) in [5.41, 5.74) is 4.76. The van der Waals surface area contributed by atoms with Crippen molar-refractivity contribution in [1.29, 1.82) is 0 Å². The Balaban J connectivity index is 1.25. The van der Waals surface area contributed by atoms with Crippen molar-refractivity contribution in [1.82, 2.24) is 15.2 Å². The van der Waals surface area contributed by atoms with Gasteiger partial charge in [0.25, 0.3) is 0 Å². The highest BCUT2D eigenvalue weighted by atomic mass is 35.5. The molecule has 2 N–H and O–H groups in total. The number of nitrogens with zero attached hydrogens (tertiary/aromatic N) is 2. The lowest BCUT2D eigenvalue weighted by Crippen LogP contribution is -2.32. The van der Waals surface area contributed by atoms with E-state index in [1.54, 1.807) is 0 Å². The molecule has 0 saturated carbocycles. The zero-order valence-electron chi connectivity index (χ0n) is 17.6. The number of allylic oxidation sites excluding steroid dienone is 6. The first-order chi connectivity index (χ1) is 14.6. The molecule has 4 nitrogen and oxygen atoms in total. The van der Waals surface area contributed by atoms with Crippen LogP contribution in [0.2, 0.25) is 5.02 Å². The van der Waals surface area contributed by atoms with Crippen molar-refractivity contribution in [2.24, 2.45) is 11.8 Å². The Kier molecular flexibility index (Phi) is 6.56. The molecular weight excluding hydrogens is 392 g/mol. The van der Waals surface area contributed by atoms with Gasteiger partial charge in [-0.3, -0.25) is 4.98 Å². The number of hydrogen-bond acceptors (Lipinski definition) is 4. The molecular formula is C25H29ClN4. The normalized spacial score (nSPS) is 20.0. The van der Waals surface area contributed by atoms with E-state index in [-0.39, 0.29) is 0 Å². The highest BCUT2D eigenvalue weighted by molar-refractivity contribution is 6.31. The first-order valence-electron chi connectivity index (χ1n) is 10.6. The number of hydrogen-bond donors (Lipinski definition) is 2. The summed E-state index contributed by atoms with van der Waals surface area (Å²) in [4.78, 5) is 6.60. The number of fused-ring (bicyclic) bond motifs is 2. The van der Waals surface area contributed by atoms with Gasteiger partial charge < -0.3 is 15.5 Å². The summed E-state index contributed by atoms with van der Waals surface area (Å²) in [7, 11) is 4.23. The van der Waals surface area contributed by atoms with Crippen LogP contribution >= 0.6 is 11.6 Å². The molecule has 0 bridgehead atoms. The molecule has 5 heteroatoms. The summed E-state index contributed by atoms with van der Waals surface area (Å²) < 4.78 is 0. The Morgan fingerprint density at radius 3 is 2.83 bits per heavy atom. The first kappa shape index (κ1) is 20.7. The van der Waals surface area contributed by atoms with Crippen LogP contribution < -0.4 is 10.6 Å². The second-order valence-corrected chi connectivity index (χ2v) is 8.47. The summed E-state index contributed by atoms with van der Waals surface area (Å²) in [6.45, 7) is 2.88. The maximum atomic E-state index is 6.08.